The molecule has 0 aliphatic heterocycles. The Balaban J connectivity index is 1.84. The summed E-state index contributed by atoms with van der Waals surface area (Å²) in [5.74, 6) is 1.41. The number of hydrogen-bond donors (Lipinski definition) is 1. The third-order valence-electron chi connectivity index (χ3n) is 4.92. The lowest BCUT2D eigenvalue weighted by atomic mass is 9.95. The summed E-state index contributed by atoms with van der Waals surface area (Å²) >= 11 is 0. The zero-order chi connectivity index (χ0) is 19.9. The number of benzene rings is 3. The molecular formula is C25H27NO2. The Bertz CT molecular complexity index is 884. The van der Waals surface area contributed by atoms with Crippen molar-refractivity contribution in [1.82, 2.24) is 0 Å². The van der Waals surface area contributed by atoms with Gasteiger partial charge in [-0.25, -0.2) is 0 Å². The second-order valence-corrected chi connectivity index (χ2v) is 7.24. The fraction of sp³-hybridized carbons (Fsp3) is 0.240. The topological polar surface area (TPSA) is 38.3 Å². The molecule has 0 aliphatic rings. The SMILES string of the molecule is COc1ccc(NC(CC(=O)c2ccccc2)c2ccc(C(C)C)cc2)cc1. The number of ether oxygens (including phenoxy) is 1. The molecule has 0 spiro atoms. The summed E-state index contributed by atoms with van der Waals surface area (Å²) in [5, 5.41) is 3.52. The van der Waals surface area contributed by atoms with E-state index in [0.717, 1.165) is 22.6 Å². The Kier molecular flexibility index (Phi) is 6.49. The van der Waals surface area contributed by atoms with Crippen LogP contribution in [-0.4, -0.2) is 12.9 Å². The van der Waals surface area contributed by atoms with Gasteiger partial charge in [-0.2, -0.15) is 0 Å². The van der Waals surface area contributed by atoms with Crippen molar-refractivity contribution in [3.63, 3.8) is 0 Å². The summed E-state index contributed by atoms with van der Waals surface area (Å²) in [6.45, 7) is 4.36. The number of anilines is 1. The van der Waals surface area contributed by atoms with Crippen LogP contribution in [0.15, 0.2) is 78.9 Å². The molecule has 3 aromatic carbocycles. The molecule has 0 saturated carbocycles. The molecule has 28 heavy (non-hydrogen) atoms. The van der Waals surface area contributed by atoms with Crippen LogP contribution in [0.5, 0.6) is 5.75 Å². The fourth-order valence-corrected chi connectivity index (χ4v) is 3.18. The number of hydrogen-bond acceptors (Lipinski definition) is 3. The molecule has 3 nitrogen and oxygen atoms in total. The predicted octanol–water partition coefficient (Wildman–Crippen LogP) is 6.24. The van der Waals surface area contributed by atoms with Crippen LogP contribution in [0.25, 0.3) is 0 Å². The summed E-state index contributed by atoms with van der Waals surface area (Å²) in [5.41, 5.74) is 4.09. The zero-order valence-corrected chi connectivity index (χ0v) is 16.7. The highest BCUT2D eigenvalue weighted by Gasteiger charge is 2.18. The van der Waals surface area contributed by atoms with E-state index < -0.39 is 0 Å². The average Bonchev–Trinajstić information content (AvgIpc) is 2.74. The van der Waals surface area contributed by atoms with Crippen molar-refractivity contribution < 1.29 is 9.53 Å². The van der Waals surface area contributed by atoms with Crippen LogP contribution in [0.1, 0.15) is 53.7 Å². The van der Waals surface area contributed by atoms with Crippen LogP contribution in [-0.2, 0) is 0 Å². The van der Waals surface area contributed by atoms with E-state index in [0.29, 0.717) is 12.3 Å². The minimum atomic E-state index is -0.109. The maximum Gasteiger partial charge on any atom is 0.165 e. The van der Waals surface area contributed by atoms with E-state index in [1.807, 2.05) is 54.6 Å². The Labute approximate surface area is 167 Å². The van der Waals surface area contributed by atoms with Crippen LogP contribution in [0.4, 0.5) is 5.69 Å². The summed E-state index contributed by atoms with van der Waals surface area (Å²) in [4.78, 5) is 12.8. The lowest BCUT2D eigenvalue weighted by Gasteiger charge is -2.21. The van der Waals surface area contributed by atoms with Gasteiger partial charge in [0.05, 0.1) is 13.2 Å². The number of methoxy groups -OCH3 is 1. The Morgan fingerprint density at radius 3 is 2.04 bits per heavy atom. The maximum absolute atomic E-state index is 12.8. The number of Topliss-reactive ketones (excluding diaryl/α,β-unsaturated/α-hetero) is 1. The minimum Gasteiger partial charge on any atom is -0.497 e. The predicted molar refractivity (Wildman–Crippen MR) is 115 cm³/mol. The van der Waals surface area contributed by atoms with E-state index in [2.05, 4.69) is 43.4 Å². The van der Waals surface area contributed by atoms with Gasteiger partial charge in [0, 0.05) is 17.7 Å². The fourth-order valence-electron chi connectivity index (χ4n) is 3.18. The smallest absolute Gasteiger partial charge is 0.165 e. The Hall–Kier alpha value is -3.07. The summed E-state index contributed by atoms with van der Waals surface area (Å²) in [7, 11) is 1.65. The number of carbonyl (C=O) groups excluding carboxylic acids is 1. The van der Waals surface area contributed by atoms with Crippen LogP contribution in [0.3, 0.4) is 0 Å². The standard InChI is InChI=1S/C25H27NO2/c1-18(2)19-9-11-20(12-10-19)24(17-25(27)21-7-5-4-6-8-21)26-22-13-15-23(28-3)16-14-22/h4-16,18,24,26H,17H2,1-3H3. The van der Waals surface area contributed by atoms with Gasteiger partial charge >= 0.3 is 0 Å². The molecule has 0 aliphatic carbocycles. The first-order valence-electron chi connectivity index (χ1n) is 9.65. The third kappa shape index (κ3) is 5.01. The van der Waals surface area contributed by atoms with Gasteiger partial charge in [0.15, 0.2) is 5.78 Å². The first-order valence-corrected chi connectivity index (χ1v) is 9.65. The third-order valence-corrected chi connectivity index (χ3v) is 4.92. The Morgan fingerprint density at radius 1 is 0.857 bits per heavy atom. The number of carbonyl (C=O) groups is 1. The maximum atomic E-state index is 12.8. The highest BCUT2D eigenvalue weighted by molar-refractivity contribution is 5.96. The molecule has 1 unspecified atom stereocenters. The van der Waals surface area contributed by atoms with Crippen molar-refractivity contribution in [2.24, 2.45) is 0 Å². The zero-order valence-electron chi connectivity index (χ0n) is 16.7. The summed E-state index contributed by atoms with van der Waals surface area (Å²) in [6, 6.07) is 25.7. The van der Waals surface area contributed by atoms with E-state index in [9.17, 15) is 4.79 Å². The van der Waals surface area contributed by atoms with Crippen molar-refractivity contribution in [1.29, 1.82) is 0 Å². The van der Waals surface area contributed by atoms with Gasteiger partial charge in [-0.15, -0.1) is 0 Å². The van der Waals surface area contributed by atoms with Crippen molar-refractivity contribution in [2.45, 2.75) is 32.2 Å². The van der Waals surface area contributed by atoms with E-state index in [1.54, 1.807) is 7.11 Å². The molecule has 0 aromatic heterocycles. The first kappa shape index (κ1) is 19.7. The molecule has 0 saturated heterocycles. The molecule has 0 radical (unpaired) electrons. The Morgan fingerprint density at radius 2 is 1.46 bits per heavy atom. The van der Waals surface area contributed by atoms with Crippen LogP contribution in [0.2, 0.25) is 0 Å². The number of rotatable bonds is 8. The highest BCUT2D eigenvalue weighted by atomic mass is 16.5. The highest BCUT2D eigenvalue weighted by Crippen LogP contribution is 2.27. The molecular weight excluding hydrogens is 346 g/mol. The molecule has 3 aromatic rings. The lowest BCUT2D eigenvalue weighted by Crippen LogP contribution is -2.16. The van der Waals surface area contributed by atoms with Gasteiger partial charge in [0.2, 0.25) is 0 Å². The molecule has 0 amide bonds. The summed E-state index contributed by atoms with van der Waals surface area (Å²) in [6.07, 6.45) is 0.386. The van der Waals surface area contributed by atoms with Crippen LogP contribution >= 0.6 is 0 Å². The van der Waals surface area contributed by atoms with Crippen molar-refractivity contribution in [3.05, 3.63) is 95.6 Å². The number of ketones is 1. The molecule has 0 bridgehead atoms. The molecule has 1 atom stereocenters. The van der Waals surface area contributed by atoms with E-state index in [1.165, 1.54) is 5.56 Å². The molecule has 1 N–H and O–H groups in total. The van der Waals surface area contributed by atoms with E-state index in [4.69, 9.17) is 4.74 Å². The number of nitrogens with one attached hydrogen (secondary N) is 1. The van der Waals surface area contributed by atoms with Gasteiger partial charge in [-0.1, -0.05) is 68.4 Å². The molecule has 0 fully saturated rings. The van der Waals surface area contributed by atoms with Crippen molar-refractivity contribution in [3.8, 4) is 5.75 Å². The molecule has 144 valence electrons. The lowest BCUT2D eigenvalue weighted by molar-refractivity contribution is 0.0976. The normalized spacial score (nSPS) is 11.9. The molecule has 0 heterocycles. The quantitative estimate of drug-likeness (QED) is 0.475. The van der Waals surface area contributed by atoms with Gasteiger partial charge in [-0.3, -0.25) is 4.79 Å². The summed E-state index contributed by atoms with van der Waals surface area (Å²) < 4.78 is 5.23. The van der Waals surface area contributed by atoms with Crippen molar-refractivity contribution >= 4 is 11.5 Å². The average molecular weight is 373 g/mol. The molecule has 3 rings (SSSR count). The van der Waals surface area contributed by atoms with E-state index in [-0.39, 0.29) is 11.8 Å². The monoisotopic (exact) mass is 373 g/mol. The second kappa shape index (κ2) is 9.23. The largest absolute Gasteiger partial charge is 0.497 e. The van der Waals surface area contributed by atoms with Crippen LogP contribution < -0.4 is 10.1 Å². The van der Waals surface area contributed by atoms with Crippen molar-refractivity contribution in [2.75, 3.05) is 12.4 Å². The van der Waals surface area contributed by atoms with Gasteiger partial charge in [0.25, 0.3) is 0 Å². The van der Waals surface area contributed by atoms with Gasteiger partial charge in [-0.05, 0) is 41.3 Å². The second-order valence-electron chi connectivity index (χ2n) is 7.24. The van der Waals surface area contributed by atoms with E-state index >= 15 is 0 Å². The first-order chi connectivity index (χ1) is 13.6. The minimum absolute atomic E-state index is 0.109. The van der Waals surface area contributed by atoms with Gasteiger partial charge in [0.1, 0.15) is 5.75 Å². The molecule has 3 heteroatoms. The van der Waals surface area contributed by atoms with Gasteiger partial charge < -0.3 is 10.1 Å². The van der Waals surface area contributed by atoms with Crippen LogP contribution in [0, 0.1) is 0 Å².